The Labute approximate surface area is 149 Å². The molecule has 1 heterocycles. The summed E-state index contributed by atoms with van der Waals surface area (Å²) in [6.45, 7) is 7.43. The van der Waals surface area contributed by atoms with E-state index in [9.17, 15) is 5.11 Å². The Morgan fingerprint density at radius 1 is 1.12 bits per heavy atom. The molecular formula is C21H26N2O2. The molecule has 2 aromatic carbocycles. The van der Waals surface area contributed by atoms with E-state index in [1.54, 1.807) is 0 Å². The average Bonchev–Trinajstić information content (AvgIpc) is 2.98. The normalized spacial score (nSPS) is 12.5. The van der Waals surface area contributed by atoms with Gasteiger partial charge in [-0.1, -0.05) is 37.6 Å². The predicted molar refractivity (Wildman–Crippen MR) is 101 cm³/mol. The third-order valence-electron chi connectivity index (χ3n) is 4.67. The quantitative estimate of drug-likeness (QED) is 0.687. The molecule has 0 amide bonds. The molecular weight excluding hydrogens is 312 g/mol. The lowest BCUT2D eigenvalue weighted by atomic mass is 10.1. The molecule has 0 saturated carbocycles. The minimum absolute atomic E-state index is 0.538. The summed E-state index contributed by atoms with van der Waals surface area (Å²) in [5, 5.41) is 10.5. The van der Waals surface area contributed by atoms with Gasteiger partial charge in [-0.3, -0.25) is 0 Å². The van der Waals surface area contributed by atoms with E-state index in [1.165, 1.54) is 11.1 Å². The Bertz CT molecular complexity index is 854. The second kappa shape index (κ2) is 7.70. The van der Waals surface area contributed by atoms with Gasteiger partial charge in [-0.2, -0.15) is 0 Å². The van der Waals surface area contributed by atoms with Crippen LogP contribution < -0.4 is 4.74 Å². The van der Waals surface area contributed by atoms with Crippen LogP contribution in [0.1, 0.15) is 42.8 Å². The molecule has 1 atom stereocenters. The Morgan fingerprint density at radius 2 is 1.92 bits per heavy atom. The largest absolute Gasteiger partial charge is 0.491 e. The zero-order valence-corrected chi connectivity index (χ0v) is 15.2. The highest BCUT2D eigenvalue weighted by Gasteiger charge is 2.17. The van der Waals surface area contributed by atoms with E-state index < -0.39 is 6.10 Å². The van der Waals surface area contributed by atoms with Gasteiger partial charge in [-0.15, -0.1) is 0 Å². The average molecular weight is 338 g/mol. The number of rotatable bonds is 7. The number of aliphatic hydroxyl groups is 1. The van der Waals surface area contributed by atoms with Crippen LogP contribution in [0.25, 0.3) is 11.0 Å². The molecule has 4 heteroatoms. The lowest BCUT2D eigenvalue weighted by molar-refractivity contribution is 0.151. The Kier molecular flexibility index (Phi) is 5.39. The summed E-state index contributed by atoms with van der Waals surface area (Å²) >= 11 is 0. The number of hydrogen-bond acceptors (Lipinski definition) is 3. The maximum absolute atomic E-state index is 10.5. The van der Waals surface area contributed by atoms with Gasteiger partial charge in [0.15, 0.2) is 0 Å². The number of para-hydroxylation sites is 2. The molecule has 0 unspecified atom stereocenters. The number of aliphatic hydroxyl groups excluding tert-OH is 1. The van der Waals surface area contributed by atoms with Gasteiger partial charge in [-0.05, 0) is 49.6 Å². The highest BCUT2D eigenvalue weighted by atomic mass is 16.5. The number of fused-ring (bicyclic) bond motifs is 1. The zero-order chi connectivity index (χ0) is 17.8. The Balaban J connectivity index is 1.82. The van der Waals surface area contributed by atoms with Crippen LogP contribution in [0.5, 0.6) is 5.75 Å². The molecule has 0 aliphatic heterocycles. The summed E-state index contributed by atoms with van der Waals surface area (Å²) in [5.41, 5.74) is 4.35. The molecule has 3 rings (SSSR count). The van der Waals surface area contributed by atoms with Crippen LogP contribution in [0, 0.1) is 13.8 Å². The van der Waals surface area contributed by atoms with Crippen LogP contribution in [0.15, 0.2) is 42.5 Å². The van der Waals surface area contributed by atoms with Gasteiger partial charge in [0.2, 0.25) is 0 Å². The fraction of sp³-hybridized carbons (Fsp3) is 0.381. The van der Waals surface area contributed by atoms with Crippen molar-refractivity contribution in [3.05, 3.63) is 59.4 Å². The molecule has 0 spiro atoms. The Morgan fingerprint density at radius 3 is 2.72 bits per heavy atom. The van der Waals surface area contributed by atoms with Crippen molar-refractivity contribution in [2.45, 2.75) is 46.3 Å². The van der Waals surface area contributed by atoms with Gasteiger partial charge < -0.3 is 14.4 Å². The Hall–Kier alpha value is -2.33. The third-order valence-corrected chi connectivity index (χ3v) is 4.67. The van der Waals surface area contributed by atoms with Gasteiger partial charge in [-0.25, -0.2) is 4.98 Å². The van der Waals surface area contributed by atoms with E-state index in [4.69, 9.17) is 4.74 Å². The summed E-state index contributed by atoms with van der Waals surface area (Å²) in [5.74, 6) is 1.65. The maximum atomic E-state index is 10.5. The maximum Gasteiger partial charge on any atom is 0.138 e. The highest BCUT2D eigenvalue weighted by Crippen LogP contribution is 2.24. The summed E-state index contributed by atoms with van der Waals surface area (Å²) in [6, 6.07) is 14.1. The van der Waals surface area contributed by atoms with Gasteiger partial charge in [0.25, 0.3) is 0 Å². The van der Waals surface area contributed by atoms with Crippen LogP contribution in [0.4, 0.5) is 0 Å². The summed E-state index contributed by atoms with van der Waals surface area (Å²) in [6.07, 6.45) is 1.09. The number of aryl methyl sites for hydroxylation is 1. The second-order valence-corrected chi connectivity index (χ2v) is 6.46. The molecule has 1 aromatic heterocycles. The predicted octanol–water partition coefficient (Wildman–Crippen LogP) is 4.57. The minimum atomic E-state index is -0.543. The number of benzene rings is 2. The van der Waals surface area contributed by atoms with Gasteiger partial charge in [0.05, 0.1) is 17.6 Å². The van der Waals surface area contributed by atoms with Gasteiger partial charge in [0, 0.05) is 0 Å². The van der Waals surface area contributed by atoms with Crippen LogP contribution in [-0.4, -0.2) is 21.3 Å². The van der Waals surface area contributed by atoms with Crippen molar-refractivity contribution in [1.82, 2.24) is 9.55 Å². The summed E-state index contributed by atoms with van der Waals surface area (Å²) in [4.78, 5) is 4.65. The van der Waals surface area contributed by atoms with Crippen molar-refractivity contribution in [1.29, 1.82) is 0 Å². The van der Waals surface area contributed by atoms with Gasteiger partial charge >= 0.3 is 0 Å². The molecule has 4 nitrogen and oxygen atoms in total. The van der Waals surface area contributed by atoms with Crippen molar-refractivity contribution < 1.29 is 9.84 Å². The molecule has 0 saturated heterocycles. The molecule has 0 bridgehead atoms. The lowest BCUT2D eigenvalue weighted by Gasteiger charge is -2.15. The van der Waals surface area contributed by atoms with E-state index >= 15 is 0 Å². The van der Waals surface area contributed by atoms with Crippen molar-refractivity contribution in [2.75, 3.05) is 6.61 Å². The van der Waals surface area contributed by atoms with Crippen molar-refractivity contribution in [3.63, 3.8) is 0 Å². The van der Waals surface area contributed by atoms with E-state index in [1.807, 2.05) is 36.4 Å². The smallest absolute Gasteiger partial charge is 0.138 e. The molecule has 132 valence electrons. The standard InChI is InChI=1S/C21H26N2O2/c1-4-8-19(24)21-22-17-10-5-6-11-18(17)23(21)13-14-25-20-12-7-9-15(2)16(20)3/h5-7,9-12,19,24H,4,8,13-14H2,1-3H3/t19-/m0/s1. The first kappa shape index (κ1) is 17.5. The first-order valence-electron chi connectivity index (χ1n) is 8.94. The molecule has 0 aliphatic rings. The number of imidazole rings is 1. The molecule has 25 heavy (non-hydrogen) atoms. The van der Waals surface area contributed by atoms with E-state index in [0.717, 1.165) is 29.0 Å². The monoisotopic (exact) mass is 338 g/mol. The van der Waals surface area contributed by atoms with Crippen LogP contribution >= 0.6 is 0 Å². The second-order valence-electron chi connectivity index (χ2n) is 6.46. The van der Waals surface area contributed by atoms with Crippen LogP contribution in [0.3, 0.4) is 0 Å². The van der Waals surface area contributed by atoms with Crippen LogP contribution in [-0.2, 0) is 6.54 Å². The highest BCUT2D eigenvalue weighted by molar-refractivity contribution is 5.76. The van der Waals surface area contributed by atoms with Crippen molar-refractivity contribution in [3.8, 4) is 5.75 Å². The summed E-state index contributed by atoms with van der Waals surface area (Å²) in [7, 11) is 0. The summed E-state index contributed by atoms with van der Waals surface area (Å²) < 4.78 is 8.09. The topological polar surface area (TPSA) is 47.3 Å². The van der Waals surface area contributed by atoms with Gasteiger partial charge in [0.1, 0.15) is 24.3 Å². The fourth-order valence-corrected chi connectivity index (χ4v) is 3.11. The molecule has 0 radical (unpaired) electrons. The molecule has 3 aromatic rings. The first-order chi connectivity index (χ1) is 12.1. The number of aromatic nitrogens is 2. The molecule has 0 aliphatic carbocycles. The number of ether oxygens (including phenoxy) is 1. The van der Waals surface area contributed by atoms with Crippen molar-refractivity contribution in [2.24, 2.45) is 0 Å². The SMILES string of the molecule is CCC[C@H](O)c1nc2ccccc2n1CCOc1cccc(C)c1C. The van der Waals surface area contributed by atoms with Crippen molar-refractivity contribution >= 4 is 11.0 Å². The fourth-order valence-electron chi connectivity index (χ4n) is 3.11. The number of nitrogens with zero attached hydrogens (tertiary/aromatic N) is 2. The van der Waals surface area contributed by atoms with E-state index in [-0.39, 0.29) is 0 Å². The number of hydrogen-bond donors (Lipinski definition) is 1. The van der Waals surface area contributed by atoms with E-state index in [2.05, 4.69) is 36.4 Å². The molecule has 1 N–H and O–H groups in total. The first-order valence-corrected chi connectivity index (χ1v) is 8.94. The lowest BCUT2D eigenvalue weighted by Crippen LogP contribution is -2.14. The minimum Gasteiger partial charge on any atom is -0.491 e. The van der Waals surface area contributed by atoms with Crippen LogP contribution in [0.2, 0.25) is 0 Å². The third kappa shape index (κ3) is 3.69. The zero-order valence-electron chi connectivity index (χ0n) is 15.2. The molecule has 0 fully saturated rings. The van der Waals surface area contributed by atoms with E-state index in [0.29, 0.717) is 19.6 Å².